The van der Waals surface area contributed by atoms with E-state index in [0.29, 0.717) is 10.8 Å². The Labute approximate surface area is 166 Å². The zero-order chi connectivity index (χ0) is 19.1. The van der Waals surface area contributed by atoms with Crippen molar-refractivity contribution >= 4 is 45.8 Å². The van der Waals surface area contributed by atoms with Gasteiger partial charge in [-0.25, -0.2) is 24.4 Å². The molecular formula is C16H8Cl3N5O3. The Morgan fingerprint density at radius 1 is 1.11 bits per heavy atom. The Morgan fingerprint density at radius 2 is 1.93 bits per heavy atom. The van der Waals surface area contributed by atoms with E-state index >= 15 is 0 Å². The molecule has 0 atom stereocenters. The van der Waals surface area contributed by atoms with Gasteiger partial charge in [0.25, 0.3) is 0 Å². The summed E-state index contributed by atoms with van der Waals surface area (Å²) in [5, 5.41) is 4.81. The van der Waals surface area contributed by atoms with Crippen LogP contribution in [0.3, 0.4) is 0 Å². The highest BCUT2D eigenvalue weighted by Crippen LogP contribution is 2.29. The molecular weight excluding hydrogens is 417 g/mol. The first-order chi connectivity index (χ1) is 13.0. The zero-order valence-corrected chi connectivity index (χ0v) is 15.7. The molecule has 0 N–H and O–H groups in total. The molecule has 0 fully saturated rings. The van der Waals surface area contributed by atoms with Gasteiger partial charge in [0.1, 0.15) is 16.4 Å². The van der Waals surface area contributed by atoms with Crippen molar-refractivity contribution in [1.82, 2.24) is 24.7 Å². The van der Waals surface area contributed by atoms with Gasteiger partial charge < -0.3 is 9.15 Å². The molecule has 0 aliphatic heterocycles. The number of methoxy groups -OCH3 is 1. The molecule has 0 bridgehead atoms. The smallest absolute Gasteiger partial charge is 0.366 e. The van der Waals surface area contributed by atoms with Gasteiger partial charge in [0.05, 0.1) is 17.2 Å². The molecule has 0 aromatic carbocycles. The Balaban J connectivity index is 2.01. The van der Waals surface area contributed by atoms with Crippen molar-refractivity contribution in [3.8, 4) is 23.3 Å². The van der Waals surface area contributed by atoms with Gasteiger partial charge in [0, 0.05) is 12.3 Å². The predicted molar refractivity (Wildman–Crippen MR) is 100 cm³/mol. The van der Waals surface area contributed by atoms with Crippen molar-refractivity contribution in [1.29, 1.82) is 0 Å². The van der Waals surface area contributed by atoms with Gasteiger partial charge in [-0.1, -0.05) is 34.8 Å². The highest BCUT2D eigenvalue weighted by atomic mass is 35.5. The average Bonchev–Trinajstić information content (AvgIpc) is 3.07. The molecule has 0 aliphatic rings. The fourth-order valence-electron chi connectivity index (χ4n) is 2.40. The molecule has 136 valence electrons. The summed E-state index contributed by atoms with van der Waals surface area (Å²) < 4.78 is 11.8. The maximum absolute atomic E-state index is 12.4. The van der Waals surface area contributed by atoms with Crippen LogP contribution in [0, 0.1) is 0 Å². The number of halogens is 3. The fraction of sp³-hybridized carbons (Fsp3) is 0.0625. The summed E-state index contributed by atoms with van der Waals surface area (Å²) in [6.07, 6.45) is 1.55. The van der Waals surface area contributed by atoms with E-state index in [4.69, 9.17) is 44.0 Å². The highest BCUT2D eigenvalue weighted by Gasteiger charge is 2.21. The van der Waals surface area contributed by atoms with Crippen LogP contribution in [-0.4, -0.2) is 31.8 Å². The molecule has 4 rings (SSSR count). The van der Waals surface area contributed by atoms with E-state index in [1.165, 1.54) is 23.9 Å². The number of fused-ring (bicyclic) bond motifs is 1. The monoisotopic (exact) mass is 423 g/mol. The van der Waals surface area contributed by atoms with Crippen LogP contribution in [0.5, 0.6) is 5.88 Å². The van der Waals surface area contributed by atoms with E-state index in [9.17, 15) is 4.79 Å². The number of pyridine rings is 2. The lowest BCUT2D eigenvalue weighted by molar-refractivity contribution is 0.394. The topological polar surface area (TPSA) is 95.9 Å². The molecule has 4 aromatic heterocycles. The predicted octanol–water partition coefficient (Wildman–Crippen LogP) is 3.80. The standard InChI is InChI=1S/C16H8Cl3N5O3/c1-26-11-6-9(24(23-11)14-7(17)3-2-4-20-14)15-22-12-8(18)5-10(19)21-13(12)16(25)27-15/h2-6H,1H3. The molecule has 0 aliphatic carbocycles. The van der Waals surface area contributed by atoms with Crippen LogP contribution in [-0.2, 0) is 0 Å². The quantitative estimate of drug-likeness (QED) is 0.461. The van der Waals surface area contributed by atoms with Gasteiger partial charge in [0.2, 0.25) is 11.8 Å². The molecule has 0 spiro atoms. The van der Waals surface area contributed by atoms with Crippen molar-refractivity contribution in [2.24, 2.45) is 0 Å². The lowest BCUT2D eigenvalue weighted by Gasteiger charge is -2.07. The lowest BCUT2D eigenvalue weighted by atomic mass is 10.3. The summed E-state index contributed by atoms with van der Waals surface area (Å²) in [7, 11) is 1.45. The van der Waals surface area contributed by atoms with Crippen LogP contribution < -0.4 is 10.4 Å². The van der Waals surface area contributed by atoms with E-state index in [0.717, 1.165) is 0 Å². The second-order valence-corrected chi connectivity index (χ2v) is 6.42. The highest BCUT2D eigenvalue weighted by molar-refractivity contribution is 6.37. The second kappa shape index (κ2) is 6.80. The van der Waals surface area contributed by atoms with Crippen LogP contribution in [0.15, 0.2) is 39.7 Å². The third-order valence-corrected chi connectivity index (χ3v) is 4.34. The number of aromatic nitrogens is 5. The Bertz CT molecular complexity index is 1240. The maximum Gasteiger partial charge on any atom is 0.366 e. The van der Waals surface area contributed by atoms with Crippen LogP contribution in [0.25, 0.3) is 28.4 Å². The minimum atomic E-state index is -0.752. The summed E-state index contributed by atoms with van der Waals surface area (Å²) in [4.78, 5) is 24.8. The molecule has 4 heterocycles. The van der Waals surface area contributed by atoms with E-state index in [2.05, 4.69) is 20.1 Å². The number of hydrogen-bond donors (Lipinski definition) is 0. The van der Waals surface area contributed by atoms with Gasteiger partial charge in [0.15, 0.2) is 11.3 Å². The minimum absolute atomic E-state index is 0.0568. The summed E-state index contributed by atoms with van der Waals surface area (Å²) in [6, 6.07) is 6.24. The van der Waals surface area contributed by atoms with Crippen LogP contribution in [0.1, 0.15) is 0 Å². The van der Waals surface area contributed by atoms with Crippen LogP contribution in [0.4, 0.5) is 0 Å². The van der Waals surface area contributed by atoms with Gasteiger partial charge in [-0.2, -0.15) is 0 Å². The minimum Gasteiger partial charge on any atom is -0.480 e. The average molecular weight is 425 g/mol. The maximum atomic E-state index is 12.4. The molecule has 8 nitrogen and oxygen atoms in total. The van der Waals surface area contributed by atoms with E-state index in [1.807, 2.05) is 0 Å². The fourth-order valence-corrected chi connectivity index (χ4v) is 3.09. The molecule has 0 unspecified atom stereocenters. The molecule has 0 amide bonds. The third-order valence-electron chi connectivity index (χ3n) is 3.57. The summed E-state index contributed by atoms with van der Waals surface area (Å²) >= 11 is 18.2. The first-order valence-electron chi connectivity index (χ1n) is 7.40. The largest absolute Gasteiger partial charge is 0.480 e. The molecule has 4 aromatic rings. The van der Waals surface area contributed by atoms with Gasteiger partial charge in [-0.3, -0.25) is 0 Å². The number of nitrogens with zero attached hydrogens (tertiary/aromatic N) is 5. The Kier molecular flexibility index (Phi) is 4.47. The summed E-state index contributed by atoms with van der Waals surface area (Å²) in [6.45, 7) is 0. The Morgan fingerprint density at radius 3 is 2.67 bits per heavy atom. The van der Waals surface area contributed by atoms with Crippen molar-refractivity contribution in [2.45, 2.75) is 0 Å². The van der Waals surface area contributed by atoms with Gasteiger partial charge in [-0.15, -0.1) is 5.10 Å². The summed E-state index contributed by atoms with van der Waals surface area (Å²) in [5.74, 6) is 0.495. The molecule has 0 saturated heterocycles. The first kappa shape index (κ1) is 17.7. The summed E-state index contributed by atoms with van der Waals surface area (Å²) in [5.41, 5.74) is -0.396. The van der Waals surface area contributed by atoms with E-state index < -0.39 is 5.63 Å². The number of hydrogen-bond acceptors (Lipinski definition) is 7. The molecule has 0 radical (unpaired) electrons. The molecule has 0 saturated carbocycles. The van der Waals surface area contributed by atoms with Gasteiger partial charge >= 0.3 is 5.63 Å². The van der Waals surface area contributed by atoms with E-state index in [1.54, 1.807) is 18.3 Å². The lowest BCUT2D eigenvalue weighted by Crippen LogP contribution is -2.08. The van der Waals surface area contributed by atoms with Crippen LogP contribution in [0.2, 0.25) is 15.2 Å². The van der Waals surface area contributed by atoms with Crippen LogP contribution >= 0.6 is 34.8 Å². The third kappa shape index (κ3) is 3.12. The SMILES string of the molecule is COc1cc(-c2nc3c(Cl)cc(Cl)nc3c(=O)o2)n(-c2ncccc2Cl)n1. The number of ether oxygens (including phenoxy) is 1. The first-order valence-corrected chi connectivity index (χ1v) is 8.53. The van der Waals surface area contributed by atoms with Gasteiger partial charge in [-0.05, 0) is 18.2 Å². The van der Waals surface area contributed by atoms with E-state index in [-0.39, 0.29) is 38.7 Å². The number of rotatable bonds is 3. The second-order valence-electron chi connectivity index (χ2n) is 5.22. The molecule has 11 heteroatoms. The Hall–Kier alpha value is -2.68. The van der Waals surface area contributed by atoms with Crippen molar-refractivity contribution in [3.05, 3.63) is 56.1 Å². The normalized spacial score (nSPS) is 11.1. The van der Waals surface area contributed by atoms with Crippen molar-refractivity contribution in [2.75, 3.05) is 7.11 Å². The van der Waals surface area contributed by atoms with Crippen molar-refractivity contribution < 1.29 is 9.15 Å². The van der Waals surface area contributed by atoms with Crippen molar-refractivity contribution in [3.63, 3.8) is 0 Å². The molecule has 27 heavy (non-hydrogen) atoms. The zero-order valence-electron chi connectivity index (χ0n) is 13.5.